The van der Waals surface area contributed by atoms with Crippen LogP contribution in [0.1, 0.15) is 78.1 Å². The lowest BCUT2D eigenvalue weighted by Gasteiger charge is -2.29. The molecule has 0 aromatic rings. The maximum absolute atomic E-state index is 5.86. The maximum atomic E-state index is 5.86. The second-order valence-electron chi connectivity index (χ2n) is 5.71. The first kappa shape index (κ1) is 15.7. The Bertz CT molecular complexity index is 229. The molecular weight excluding hydrogens is 220 g/mol. The molecule has 1 rings (SSSR count). The van der Waals surface area contributed by atoms with E-state index in [9.17, 15) is 0 Å². The highest BCUT2D eigenvalue weighted by molar-refractivity contribution is 5.13. The number of hydrazine groups is 1. The molecule has 1 aliphatic rings. The van der Waals surface area contributed by atoms with Crippen molar-refractivity contribution in [2.45, 2.75) is 84.1 Å². The van der Waals surface area contributed by atoms with Crippen molar-refractivity contribution >= 4 is 0 Å². The third-order valence-electron chi connectivity index (χ3n) is 4.20. The molecule has 106 valence electrons. The molecule has 0 fully saturated rings. The minimum atomic E-state index is 0.419. The molecule has 3 N–H and O–H groups in total. The number of hydrogen-bond acceptors (Lipinski definition) is 2. The Morgan fingerprint density at radius 3 is 2.39 bits per heavy atom. The lowest BCUT2D eigenvalue weighted by molar-refractivity contribution is 0.337. The van der Waals surface area contributed by atoms with Crippen LogP contribution in [0.3, 0.4) is 0 Å². The molecule has 1 unspecified atom stereocenters. The predicted octanol–water partition coefficient (Wildman–Crippen LogP) is 4.32. The lowest BCUT2D eigenvalue weighted by Crippen LogP contribution is -2.42. The number of nitrogens with two attached hydrogens (primary N) is 1. The van der Waals surface area contributed by atoms with Crippen LogP contribution in [-0.2, 0) is 0 Å². The normalized spacial score (nSPS) is 19.2. The number of nitrogens with one attached hydrogen (secondary N) is 1. The van der Waals surface area contributed by atoms with Gasteiger partial charge in [-0.2, -0.15) is 0 Å². The van der Waals surface area contributed by atoms with E-state index >= 15 is 0 Å². The molecule has 1 aliphatic carbocycles. The summed E-state index contributed by atoms with van der Waals surface area (Å²) in [6.07, 6.45) is 15.6. The monoisotopic (exact) mass is 252 g/mol. The van der Waals surface area contributed by atoms with Crippen LogP contribution in [0.2, 0.25) is 0 Å². The van der Waals surface area contributed by atoms with E-state index in [2.05, 4.69) is 25.3 Å². The van der Waals surface area contributed by atoms with Gasteiger partial charge in [-0.25, -0.2) is 0 Å². The Morgan fingerprint density at radius 1 is 1.11 bits per heavy atom. The van der Waals surface area contributed by atoms with Gasteiger partial charge in [-0.05, 0) is 44.4 Å². The van der Waals surface area contributed by atoms with Gasteiger partial charge in [0.15, 0.2) is 0 Å². The van der Waals surface area contributed by atoms with Crippen molar-refractivity contribution in [3.8, 4) is 0 Å². The van der Waals surface area contributed by atoms with Gasteiger partial charge in [-0.1, -0.05) is 51.2 Å². The molecule has 0 spiro atoms. The van der Waals surface area contributed by atoms with Gasteiger partial charge in [0, 0.05) is 6.04 Å². The highest BCUT2D eigenvalue weighted by atomic mass is 15.2. The Hall–Kier alpha value is -0.340. The summed E-state index contributed by atoms with van der Waals surface area (Å²) < 4.78 is 0. The first-order valence-electron chi connectivity index (χ1n) is 7.98. The van der Waals surface area contributed by atoms with Crippen molar-refractivity contribution in [3.05, 3.63) is 11.6 Å². The van der Waals surface area contributed by atoms with E-state index in [0.717, 1.165) is 5.92 Å². The highest BCUT2D eigenvalue weighted by Gasteiger charge is 2.22. The molecule has 0 saturated heterocycles. The number of rotatable bonds is 7. The molecule has 0 aliphatic heterocycles. The number of hydrogen-bond donors (Lipinski definition) is 2. The van der Waals surface area contributed by atoms with Crippen molar-refractivity contribution in [3.63, 3.8) is 0 Å². The van der Waals surface area contributed by atoms with Crippen LogP contribution in [-0.4, -0.2) is 6.04 Å². The van der Waals surface area contributed by atoms with Gasteiger partial charge < -0.3 is 0 Å². The summed E-state index contributed by atoms with van der Waals surface area (Å²) >= 11 is 0. The van der Waals surface area contributed by atoms with E-state index in [1.54, 1.807) is 5.57 Å². The quantitative estimate of drug-likeness (QED) is 0.402. The minimum Gasteiger partial charge on any atom is -0.271 e. The highest BCUT2D eigenvalue weighted by Crippen LogP contribution is 2.27. The predicted molar refractivity (Wildman–Crippen MR) is 80.2 cm³/mol. The van der Waals surface area contributed by atoms with Gasteiger partial charge in [-0.3, -0.25) is 11.3 Å². The van der Waals surface area contributed by atoms with Crippen molar-refractivity contribution < 1.29 is 0 Å². The zero-order valence-electron chi connectivity index (χ0n) is 12.4. The average molecular weight is 252 g/mol. The molecule has 0 heterocycles. The molecule has 0 amide bonds. The van der Waals surface area contributed by atoms with Crippen molar-refractivity contribution in [2.75, 3.05) is 0 Å². The molecule has 1 atom stereocenters. The zero-order valence-corrected chi connectivity index (χ0v) is 12.4. The van der Waals surface area contributed by atoms with Gasteiger partial charge in [0.05, 0.1) is 0 Å². The van der Waals surface area contributed by atoms with Crippen LogP contribution in [0.4, 0.5) is 0 Å². The topological polar surface area (TPSA) is 38.0 Å². The maximum Gasteiger partial charge on any atom is 0.0447 e. The third kappa shape index (κ3) is 5.11. The molecule has 2 heteroatoms. The molecule has 2 nitrogen and oxygen atoms in total. The molecule has 0 saturated carbocycles. The smallest absolute Gasteiger partial charge is 0.0447 e. The van der Waals surface area contributed by atoms with E-state index in [1.807, 2.05) is 0 Å². The van der Waals surface area contributed by atoms with E-state index in [4.69, 9.17) is 5.84 Å². The van der Waals surface area contributed by atoms with Gasteiger partial charge in [0.1, 0.15) is 0 Å². The van der Waals surface area contributed by atoms with Gasteiger partial charge in [0.2, 0.25) is 0 Å². The summed E-state index contributed by atoms with van der Waals surface area (Å²) in [5.41, 5.74) is 4.71. The molecular formula is C16H32N2. The average Bonchev–Trinajstić information content (AvgIpc) is 2.32. The first-order chi connectivity index (χ1) is 8.83. The lowest BCUT2D eigenvalue weighted by atomic mass is 9.83. The van der Waals surface area contributed by atoms with Crippen LogP contribution in [0.5, 0.6) is 0 Å². The summed E-state index contributed by atoms with van der Waals surface area (Å²) in [6, 6.07) is 0.419. The summed E-state index contributed by atoms with van der Waals surface area (Å²) in [4.78, 5) is 0. The summed E-state index contributed by atoms with van der Waals surface area (Å²) in [6.45, 7) is 4.56. The van der Waals surface area contributed by atoms with Crippen LogP contribution in [0, 0.1) is 5.92 Å². The standard InChI is InChI=1S/C16H32N2/c1-3-10-14(11-4-2)16(18-17)15-12-8-6-5-7-9-13-15/h12,14,16,18H,3-11,13,17H2,1-2H3. The first-order valence-corrected chi connectivity index (χ1v) is 7.98. The third-order valence-corrected chi connectivity index (χ3v) is 4.20. The van der Waals surface area contributed by atoms with Gasteiger partial charge >= 0.3 is 0 Å². The molecule has 0 radical (unpaired) electrons. The fourth-order valence-electron chi connectivity index (χ4n) is 3.26. The van der Waals surface area contributed by atoms with E-state index in [-0.39, 0.29) is 0 Å². The molecule has 0 bridgehead atoms. The van der Waals surface area contributed by atoms with Gasteiger partial charge in [-0.15, -0.1) is 0 Å². The van der Waals surface area contributed by atoms with Crippen molar-refractivity contribution in [1.29, 1.82) is 0 Å². The van der Waals surface area contributed by atoms with Crippen molar-refractivity contribution in [1.82, 2.24) is 5.43 Å². The van der Waals surface area contributed by atoms with Gasteiger partial charge in [0.25, 0.3) is 0 Å². The van der Waals surface area contributed by atoms with Crippen LogP contribution >= 0.6 is 0 Å². The SMILES string of the molecule is CCCC(CCC)C(NN)C1=CCCCCCC1. The van der Waals surface area contributed by atoms with E-state index < -0.39 is 0 Å². The second-order valence-corrected chi connectivity index (χ2v) is 5.71. The Labute approximate surface area is 113 Å². The van der Waals surface area contributed by atoms with E-state index in [0.29, 0.717) is 6.04 Å². The fraction of sp³-hybridized carbons (Fsp3) is 0.875. The second kappa shape index (κ2) is 9.57. The summed E-state index contributed by atoms with van der Waals surface area (Å²) in [5.74, 6) is 6.58. The Balaban J connectivity index is 2.70. The Morgan fingerprint density at radius 2 is 1.78 bits per heavy atom. The molecule has 18 heavy (non-hydrogen) atoms. The van der Waals surface area contributed by atoms with E-state index in [1.165, 1.54) is 64.2 Å². The molecule has 0 aromatic heterocycles. The summed E-state index contributed by atoms with van der Waals surface area (Å²) in [5, 5.41) is 0. The summed E-state index contributed by atoms with van der Waals surface area (Å²) in [7, 11) is 0. The van der Waals surface area contributed by atoms with Crippen LogP contribution < -0.4 is 11.3 Å². The van der Waals surface area contributed by atoms with Crippen LogP contribution in [0.25, 0.3) is 0 Å². The number of allylic oxidation sites excluding steroid dienone is 1. The van der Waals surface area contributed by atoms with Crippen molar-refractivity contribution in [2.24, 2.45) is 11.8 Å². The van der Waals surface area contributed by atoms with Crippen LogP contribution in [0.15, 0.2) is 11.6 Å². The molecule has 0 aromatic carbocycles. The minimum absolute atomic E-state index is 0.419. The zero-order chi connectivity index (χ0) is 13.2. The fourth-order valence-corrected chi connectivity index (χ4v) is 3.26. The Kier molecular flexibility index (Phi) is 8.36. The largest absolute Gasteiger partial charge is 0.271 e.